The lowest BCUT2D eigenvalue weighted by molar-refractivity contribution is 0.0925. The Morgan fingerprint density at radius 1 is 1.44 bits per heavy atom. The minimum Gasteiger partial charge on any atom is -0.450 e. The molecule has 1 saturated heterocycles. The van der Waals surface area contributed by atoms with E-state index in [0.29, 0.717) is 17.2 Å². The number of hydrogen-bond donors (Lipinski definition) is 1. The summed E-state index contributed by atoms with van der Waals surface area (Å²) in [5, 5.41) is 11.9. The van der Waals surface area contributed by atoms with Gasteiger partial charge in [-0.1, -0.05) is 30.3 Å². The summed E-state index contributed by atoms with van der Waals surface area (Å²) in [4.78, 5) is 14.9. The number of nitriles is 1. The van der Waals surface area contributed by atoms with Gasteiger partial charge in [-0.15, -0.1) is 0 Å². The zero-order chi connectivity index (χ0) is 17.8. The minimum absolute atomic E-state index is 0.0770. The van der Waals surface area contributed by atoms with Crippen LogP contribution in [0.15, 0.2) is 40.8 Å². The van der Waals surface area contributed by atoms with Crippen molar-refractivity contribution in [1.82, 2.24) is 10.2 Å². The van der Waals surface area contributed by atoms with E-state index in [1.165, 1.54) is 11.6 Å². The minimum atomic E-state index is -0.170. The van der Waals surface area contributed by atoms with Crippen molar-refractivity contribution in [2.24, 2.45) is 5.92 Å². The van der Waals surface area contributed by atoms with Crippen molar-refractivity contribution >= 4 is 5.91 Å². The Kier molecular flexibility index (Phi) is 5.20. The highest BCUT2D eigenvalue weighted by Crippen LogP contribution is 2.22. The number of likely N-dealkylation sites (tertiary alicyclic amines) is 1. The maximum Gasteiger partial charge on any atom is 0.255 e. The van der Waals surface area contributed by atoms with Crippen LogP contribution in [0.2, 0.25) is 0 Å². The van der Waals surface area contributed by atoms with Crippen LogP contribution in [0.3, 0.4) is 0 Å². The maximum absolute atomic E-state index is 12.4. The van der Waals surface area contributed by atoms with E-state index in [0.717, 1.165) is 26.1 Å². The molecule has 0 aliphatic carbocycles. The molecule has 1 aromatic heterocycles. The summed E-state index contributed by atoms with van der Waals surface area (Å²) in [5.41, 5.74) is 1.76. The van der Waals surface area contributed by atoms with Crippen LogP contribution < -0.4 is 5.32 Å². The van der Waals surface area contributed by atoms with Gasteiger partial charge in [0.1, 0.15) is 11.8 Å². The Hall–Kier alpha value is -2.58. The van der Waals surface area contributed by atoms with Gasteiger partial charge in [0, 0.05) is 25.2 Å². The fourth-order valence-corrected chi connectivity index (χ4v) is 3.42. The first kappa shape index (κ1) is 17.2. The van der Waals surface area contributed by atoms with Crippen LogP contribution in [0.4, 0.5) is 0 Å². The van der Waals surface area contributed by atoms with Gasteiger partial charge in [-0.25, -0.2) is 0 Å². The van der Waals surface area contributed by atoms with Gasteiger partial charge >= 0.3 is 0 Å². The van der Waals surface area contributed by atoms with Crippen LogP contribution in [-0.2, 0) is 6.54 Å². The van der Waals surface area contributed by atoms with Crippen molar-refractivity contribution in [3.8, 4) is 6.07 Å². The van der Waals surface area contributed by atoms with E-state index in [9.17, 15) is 4.79 Å². The lowest BCUT2D eigenvalue weighted by Crippen LogP contribution is -2.39. The van der Waals surface area contributed by atoms with Crippen molar-refractivity contribution in [3.05, 3.63) is 59.0 Å². The van der Waals surface area contributed by atoms with Crippen LogP contribution in [0, 0.1) is 24.2 Å². The molecule has 1 amide bonds. The molecule has 2 atom stereocenters. The third-order valence-electron chi connectivity index (χ3n) is 4.90. The first-order valence-corrected chi connectivity index (χ1v) is 8.64. The molecule has 2 heterocycles. The molecule has 5 heteroatoms. The number of amides is 1. The smallest absolute Gasteiger partial charge is 0.255 e. The zero-order valence-corrected chi connectivity index (χ0v) is 14.7. The number of carbonyl (C=O) groups is 1. The van der Waals surface area contributed by atoms with Gasteiger partial charge in [0.15, 0.2) is 0 Å². The fourth-order valence-electron chi connectivity index (χ4n) is 3.42. The molecule has 130 valence electrons. The predicted molar refractivity (Wildman–Crippen MR) is 94.9 cm³/mol. The molecular formula is C20H23N3O2. The van der Waals surface area contributed by atoms with E-state index in [1.54, 1.807) is 6.92 Å². The van der Waals surface area contributed by atoms with Gasteiger partial charge in [0.25, 0.3) is 5.91 Å². The van der Waals surface area contributed by atoms with Crippen LogP contribution in [0.25, 0.3) is 0 Å². The number of nitrogens with zero attached hydrogens (tertiary/aromatic N) is 2. The largest absolute Gasteiger partial charge is 0.450 e. The van der Waals surface area contributed by atoms with Crippen LogP contribution in [-0.4, -0.2) is 29.9 Å². The van der Waals surface area contributed by atoms with E-state index in [1.807, 2.05) is 12.1 Å². The van der Waals surface area contributed by atoms with E-state index >= 15 is 0 Å². The first-order valence-electron chi connectivity index (χ1n) is 8.64. The standard InChI is InChI=1S/C20H23N3O2/c1-14(22-20(24)19-10-18(11-21)25-15(19)2)17-8-9-23(13-17)12-16-6-4-3-5-7-16/h3-7,10,14,17H,8-9,12-13H2,1-2H3,(H,22,24)/t14-,17+/m1/s1. The average Bonchev–Trinajstić information content (AvgIpc) is 3.22. The summed E-state index contributed by atoms with van der Waals surface area (Å²) >= 11 is 0. The quantitative estimate of drug-likeness (QED) is 0.910. The number of hydrogen-bond acceptors (Lipinski definition) is 4. The van der Waals surface area contributed by atoms with Gasteiger partial charge in [0.05, 0.1) is 5.56 Å². The SMILES string of the molecule is Cc1oc(C#N)cc1C(=O)N[C@H](C)[C@H]1CCN(Cc2ccccc2)C1. The molecule has 3 rings (SSSR count). The molecule has 1 aromatic carbocycles. The summed E-state index contributed by atoms with van der Waals surface area (Å²) in [6.45, 7) is 6.73. The number of rotatable bonds is 5. The molecule has 1 N–H and O–H groups in total. The third-order valence-corrected chi connectivity index (χ3v) is 4.90. The topological polar surface area (TPSA) is 69.3 Å². The van der Waals surface area contributed by atoms with Crippen LogP contribution in [0.5, 0.6) is 0 Å². The zero-order valence-electron chi connectivity index (χ0n) is 14.7. The molecule has 0 spiro atoms. The summed E-state index contributed by atoms with van der Waals surface area (Å²) in [7, 11) is 0. The van der Waals surface area contributed by atoms with Crippen molar-refractivity contribution in [3.63, 3.8) is 0 Å². The van der Waals surface area contributed by atoms with Gasteiger partial charge in [-0.3, -0.25) is 9.69 Å². The van der Waals surface area contributed by atoms with Crippen molar-refractivity contribution in [2.75, 3.05) is 13.1 Å². The second-order valence-corrected chi connectivity index (χ2v) is 6.72. The molecule has 0 unspecified atom stereocenters. The van der Waals surface area contributed by atoms with Crippen molar-refractivity contribution < 1.29 is 9.21 Å². The van der Waals surface area contributed by atoms with Gasteiger partial charge < -0.3 is 9.73 Å². The second kappa shape index (κ2) is 7.54. The Bertz CT molecular complexity index is 776. The third kappa shape index (κ3) is 4.09. The molecule has 0 saturated carbocycles. The van der Waals surface area contributed by atoms with Gasteiger partial charge in [-0.2, -0.15) is 5.26 Å². The van der Waals surface area contributed by atoms with E-state index in [2.05, 4.69) is 41.4 Å². The Labute approximate surface area is 148 Å². The number of furan rings is 1. The highest BCUT2D eigenvalue weighted by atomic mass is 16.3. The Morgan fingerprint density at radius 3 is 2.88 bits per heavy atom. The van der Waals surface area contributed by atoms with E-state index < -0.39 is 0 Å². The predicted octanol–water partition coefficient (Wildman–Crippen LogP) is 3.10. The van der Waals surface area contributed by atoms with E-state index in [4.69, 9.17) is 9.68 Å². The first-order chi connectivity index (χ1) is 12.1. The average molecular weight is 337 g/mol. The molecule has 2 aromatic rings. The molecule has 0 radical (unpaired) electrons. The highest BCUT2D eigenvalue weighted by molar-refractivity contribution is 5.95. The number of nitrogens with one attached hydrogen (secondary N) is 1. The number of aryl methyl sites for hydroxylation is 1. The molecule has 5 nitrogen and oxygen atoms in total. The lowest BCUT2D eigenvalue weighted by atomic mass is 10.00. The molecular weight excluding hydrogens is 314 g/mol. The van der Waals surface area contributed by atoms with Crippen molar-refractivity contribution in [1.29, 1.82) is 5.26 Å². The van der Waals surface area contributed by atoms with Gasteiger partial charge in [0.2, 0.25) is 5.76 Å². The fraction of sp³-hybridized carbons (Fsp3) is 0.400. The van der Waals surface area contributed by atoms with Crippen LogP contribution >= 0.6 is 0 Å². The molecule has 25 heavy (non-hydrogen) atoms. The summed E-state index contributed by atoms with van der Waals surface area (Å²) in [5.74, 6) is 0.913. The van der Waals surface area contributed by atoms with Crippen LogP contribution in [0.1, 0.15) is 40.8 Å². The van der Waals surface area contributed by atoms with Gasteiger partial charge in [-0.05, 0) is 38.3 Å². The summed E-state index contributed by atoms with van der Waals surface area (Å²) in [6, 6.07) is 14.0. The number of carbonyl (C=O) groups excluding carboxylic acids is 1. The molecule has 0 bridgehead atoms. The summed E-state index contributed by atoms with van der Waals surface area (Å²) in [6.07, 6.45) is 1.07. The second-order valence-electron chi connectivity index (χ2n) is 6.72. The molecule has 1 aliphatic heterocycles. The summed E-state index contributed by atoms with van der Waals surface area (Å²) < 4.78 is 5.25. The normalized spacial score (nSPS) is 18.7. The number of benzene rings is 1. The molecule has 1 aliphatic rings. The van der Waals surface area contributed by atoms with Crippen molar-refractivity contribution in [2.45, 2.75) is 32.9 Å². The highest BCUT2D eigenvalue weighted by Gasteiger charge is 2.28. The maximum atomic E-state index is 12.4. The monoisotopic (exact) mass is 337 g/mol. The Balaban J connectivity index is 1.55. The van der Waals surface area contributed by atoms with E-state index in [-0.39, 0.29) is 17.7 Å². The molecule has 1 fully saturated rings. The Morgan fingerprint density at radius 2 is 2.20 bits per heavy atom. The lowest BCUT2D eigenvalue weighted by Gasteiger charge is -2.21.